The van der Waals surface area contributed by atoms with Gasteiger partial charge in [-0.15, -0.1) is 0 Å². The van der Waals surface area contributed by atoms with Crippen LogP contribution in [0, 0.1) is 0 Å². The highest BCUT2D eigenvalue weighted by atomic mass is 79.9. The molecule has 0 aliphatic rings. The molecule has 18 heavy (non-hydrogen) atoms. The SMILES string of the molecule is CCNc1nc(-c2ccc(Cl)c(Cl)c2)ncc1Br. The quantitative estimate of drug-likeness (QED) is 0.879. The predicted molar refractivity (Wildman–Crippen MR) is 79.4 cm³/mol. The van der Waals surface area contributed by atoms with E-state index in [2.05, 4.69) is 31.2 Å². The number of hydrogen-bond donors (Lipinski definition) is 1. The molecule has 1 aromatic carbocycles. The highest BCUT2D eigenvalue weighted by molar-refractivity contribution is 9.10. The highest BCUT2D eigenvalue weighted by Crippen LogP contribution is 2.28. The molecule has 2 aromatic rings. The maximum Gasteiger partial charge on any atom is 0.161 e. The summed E-state index contributed by atoms with van der Waals surface area (Å²) in [7, 11) is 0. The summed E-state index contributed by atoms with van der Waals surface area (Å²) in [6.07, 6.45) is 1.71. The molecule has 0 fully saturated rings. The monoisotopic (exact) mass is 345 g/mol. The Morgan fingerprint density at radius 1 is 1.28 bits per heavy atom. The predicted octanol–water partition coefficient (Wildman–Crippen LogP) is 4.64. The van der Waals surface area contributed by atoms with Crippen LogP contribution in [0.25, 0.3) is 11.4 Å². The third-order valence-corrected chi connectivity index (χ3v) is 3.59. The maximum absolute atomic E-state index is 5.98. The van der Waals surface area contributed by atoms with E-state index in [1.807, 2.05) is 13.0 Å². The smallest absolute Gasteiger partial charge is 0.161 e. The molecule has 6 heteroatoms. The lowest BCUT2D eigenvalue weighted by atomic mass is 10.2. The molecule has 0 amide bonds. The summed E-state index contributed by atoms with van der Waals surface area (Å²) in [6.45, 7) is 2.80. The minimum absolute atomic E-state index is 0.491. The van der Waals surface area contributed by atoms with E-state index in [4.69, 9.17) is 23.2 Å². The van der Waals surface area contributed by atoms with Crippen molar-refractivity contribution in [2.45, 2.75) is 6.92 Å². The van der Waals surface area contributed by atoms with Crippen molar-refractivity contribution in [2.75, 3.05) is 11.9 Å². The molecule has 1 aromatic heterocycles. The molecule has 0 saturated heterocycles. The van der Waals surface area contributed by atoms with Crippen molar-refractivity contribution in [3.05, 3.63) is 38.9 Å². The van der Waals surface area contributed by atoms with Gasteiger partial charge in [0.25, 0.3) is 0 Å². The Kier molecular flexibility index (Phi) is 4.43. The highest BCUT2D eigenvalue weighted by Gasteiger charge is 2.08. The molecule has 0 aliphatic carbocycles. The van der Waals surface area contributed by atoms with Crippen molar-refractivity contribution in [1.29, 1.82) is 0 Å². The van der Waals surface area contributed by atoms with E-state index in [1.165, 1.54) is 0 Å². The normalized spacial score (nSPS) is 10.4. The molecular weight excluding hydrogens is 337 g/mol. The summed E-state index contributed by atoms with van der Waals surface area (Å²) in [5, 5.41) is 4.16. The van der Waals surface area contributed by atoms with E-state index >= 15 is 0 Å². The van der Waals surface area contributed by atoms with E-state index in [1.54, 1.807) is 18.3 Å². The van der Waals surface area contributed by atoms with Gasteiger partial charge in [0, 0.05) is 18.3 Å². The fraction of sp³-hybridized carbons (Fsp3) is 0.167. The van der Waals surface area contributed by atoms with Crippen LogP contribution >= 0.6 is 39.1 Å². The van der Waals surface area contributed by atoms with Crippen molar-refractivity contribution in [2.24, 2.45) is 0 Å². The first-order valence-electron chi connectivity index (χ1n) is 5.33. The number of rotatable bonds is 3. The largest absolute Gasteiger partial charge is 0.369 e. The number of nitrogens with zero attached hydrogens (tertiary/aromatic N) is 2. The molecule has 0 atom stereocenters. The van der Waals surface area contributed by atoms with E-state index in [0.29, 0.717) is 15.9 Å². The number of benzene rings is 1. The molecule has 3 nitrogen and oxygen atoms in total. The van der Waals surface area contributed by atoms with Crippen LogP contribution in [0.15, 0.2) is 28.9 Å². The number of hydrogen-bond acceptors (Lipinski definition) is 3. The van der Waals surface area contributed by atoms with Crippen molar-refractivity contribution < 1.29 is 0 Å². The van der Waals surface area contributed by atoms with Crippen molar-refractivity contribution in [1.82, 2.24) is 9.97 Å². The summed E-state index contributed by atoms with van der Waals surface area (Å²) >= 11 is 15.3. The Morgan fingerprint density at radius 3 is 2.72 bits per heavy atom. The third kappa shape index (κ3) is 2.94. The fourth-order valence-corrected chi connectivity index (χ4v) is 2.06. The molecule has 0 saturated carbocycles. The summed E-state index contributed by atoms with van der Waals surface area (Å²) in [6, 6.07) is 5.33. The van der Waals surface area contributed by atoms with Crippen LogP contribution in [0.3, 0.4) is 0 Å². The van der Waals surface area contributed by atoms with Crippen LogP contribution in [-0.4, -0.2) is 16.5 Å². The van der Waals surface area contributed by atoms with Gasteiger partial charge < -0.3 is 5.32 Å². The summed E-state index contributed by atoms with van der Waals surface area (Å²) in [5.74, 6) is 1.36. The molecule has 94 valence electrons. The van der Waals surface area contributed by atoms with Gasteiger partial charge in [-0.05, 0) is 41.1 Å². The van der Waals surface area contributed by atoms with E-state index in [9.17, 15) is 0 Å². The van der Waals surface area contributed by atoms with Crippen LogP contribution in [0.1, 0.15) is 6.92 Å². The fourth-order valence-electron chi connectivity index (χ4n) is 1.43. The molecule has 1 heterocycles. The van der Waals surface area contributed by atoms with Gasteiger partial charge in [0.05, 0.1) is 14.5 Å². The lowest BCUT2D eigenvalue weighted by Crippen LogP contribution is -2.02. The molecule has 1 N–H and O–H groups in total. The summed E-state index contributed by atoms with van der Waals surface area (Å²) in [5.41, 5.74) is 0.830. The first-order chi connectivity index (χ1) is 8.61. The molecular formula is C12H10BrCl2N3. The zero-order valence-corrected chi connectivity index (χ0v) is 12.6. The van der Waals surface area contributed by atoms with E-state index in [0.717, 1.165) is 22.4 Å². The van der Waals surface area contributed by atoms with Gasteiger partial charge in [-0.1, -0.05) is 23.2 Å². The Labute approximate surface area is 124 Å². The molecule has 0 bridgehead atoms. The van der Waals surface area contributed by atoms with Gasteiger partial charge in [-0.2, -0.15) is 0 Å². The van der Waals surface area contributed by atoms with Gasteiger partial charge in [0.1, 0.15) is 5.82 Å². The minimum Gasteiger partial charge on any atom is -0.369 e. The second kappa shape index (κ2) is 5.87. The Balaban J connectivity index is 2.44. The molecule has 0 aliphatic heterocycles. The Hall–Kier alpha value is -0.840. The van der Waals surface area contributed by atoms with E-state index in [-0.39, 0.29) is 0 Å². The van der Waals surface area contributed by atoms with Gasteiger partial charge >= 0.3 is 0 Å². The summed E-state index contributed by atoms with van der Waals surface area (Å²) in [4.78, 5) is 8.69. The first kappa shape index (κ1) is 13.6. The van der Waals surface area contributed by atoms with Crippen LogP contribution in [0.5, 0.6) is 0 Å². The van der Waals surface area contributed by atoms with E-state index < -0.39 is 0 Å². The number of anilines is 1. The van der Waals surface area contributed by atoms with Gasteiger partial charge in [-0.3, -0.25) is 0 Å². The second-order valence-electron chi connectivity index (χ2n) is 3.55. The summed E-state index contributed by atoms with van der Waals surface area (Å²) < 4.78 is 0.827. The van der Waals surface area contributed by atoms with Crippen molar-refractivity contribution in [3.8, 4) is 11.4 Å². The third-order valence-electron chi connectivity index (χ3n) is 2.27. The van der Waals surface area contributed by atoms with Crippen LogP contribution < -0.4 is 5.32 Å². The average molecular weight is 347 g/mol. The lowest BCUT2D eigenvalue weighted by Gasteiger charge is -2.07. The second-order valence-corrected chi connectivity index (χ2v) is 5.22. The van der Waals surface area contributed by atoms with Gasteiger partial charge in [-0.25, -0.2) is 9.97 Å². The Morgan fingerprint density at radius 2 is 2.06 bits per heavy atom. The van der Waals surface area contributed by atoms with Gasteiger partial charge in [0.2, 0.25) is 0 Å². The van der Waals surface area contributed by atoms with Crippen molar-refractivity contribution >= 4 is 44.9 Å². The molecule has 0 spiro atoms. The van der Waals surface area contributed by atoms with Crippen LogP contribution in [0.2, 0.25) is 10.0 Å². The van der Waals surface area contributed by atoms with Crippen LogP contribution in [-0.2, 0) is 0 Å². The zero-order chi connectivity index (χ0) is 13.1. The van der Waals surface area contributed by atoms with Crippen molar-refractivity contribution in [3.63, 3.8) is 0 Å². The maximum atomic E-state index is 5.98. The Bertz CT molecular complexity index is 575. The molecule has 2 rings (SSSR count). The first-order valence-corrected chi connectivity index (χ1v) is 6.88. The lowest BCUT2D eigenvalue weighted by molar-refractivity contribution is 1.10. The van der Waals surface area contributed by atoms with Crippen LogP contribution in [0.4, 0.5) is 5.82 Å². The number of nitrogens with one attached hydrogen (secondary N) is 1. The van der Waals surface area contributed by atoms with Gasteiger partial charge in [0.15, 0.2) is 5.82 Å². The number of halogens is 3. The standard InChI is InChI=1S/C12H10BrCl2N3/c1-2-16-12-8(13)6-17-11(18-12)7-3-4-9(14)10(15)5-7/h3-6H,2H2,1H3,(H,16,17,18). The molecule has 0 radical (unpaired) electrons. The topological polar surface area (TPSA) is 37.8 Å². The minimum atomic E-state index is 0.491. The zero-order valence-electron chi connectivity index (χ0n) is 9.54. The average Bonchev–Trinajstić information content (AvgIpc) is 2.36. The molecule has 0 unspecified atom stereocenters. The number of aromatic nitrogens is 2.